The van der Waals surface area contributed by atoms with Crippen LogP contribution in [-0.2, 0) is 0 Å². The van der Waals surface area contributed by atoms with Crippen LogP contribution in [0.4, 0.5) is 5.69 Å². The number of hydrogen-bond donors (Lipinski definition) is 0. The minimum absolute atomic E-state index is 0.00549. The Morgan fingerprint density at radius 2 is 0.677 bits per heavy atom. The van der Waals surface area contributed by atoms with Crippen molar-refractivity contribution < 1.29 is 50.0 Å². The summed E-state index contributed by atoms with van der Waals surface area (Å²) in [5.41, 5.74) is -0.101. The summed E-state index contributed by atoms with van der Waals surface area (Å²) >= 11 is 0. The van der Waals surface area contributed by atoms with Gasteiger partial charge in [-0.1, -0.05) is 236 Å². The smallest absolute Gasteiger partial charge is 0.212 e. The third-order valence-electron chi connectivity index (χ3n) is 17.1. The molecule has 5 heterocycles. The maximum absolute atomic E-state index is 9.73. The summed E-state index contributed by atoms with van der Waals surface area (Å²) in [5.74, 6) is -1.96. The van der Waals surface area contributed by atoms with E-state index in [4.69, 9.17) is 49.0 Å². The molecule has 14 aromatic carbocycles. The summed E-state index contributed by atoms with van der Waals surface area (Å²) in [5, 5.41) is 2.43. The van der Waals surface area contributed by atoms with Crippen molar-refractivity contribution in [2.24, 2.45) is 0 Å². The molecule has 96 heavy (non-hydrogen) atoms. The molecular weight excluding hydrogens is 1170 g/mol. The fourth-order valence-electron chi connectivity index (χ4n) is 13.0. The predicted molar refractivity (Wildman–Crippen MR) is 393 cm³/mol. The SMILES string of the molecule is [2H]c1c([2H])c([2H])c(-c2ccc3oc4c(ccc5c4c4cc(-c6c([2H])c([2H])c([2H])c([2H])c6[2H])ccc4n5-c4c([N+]#[C-])cc(-c5nc(-c6c([2H])c([2H])c([2H])c([2H])c6[2H])nc(-c6c([2H])c([2H])c([2H])c([2H])c6[2H])n5)c(-n5c6ccc(-c7c([2H])c([2H])c([2H])c([2H])c7[2H])cc6c6c7oc8ccc(-c9c([2H])c([2H])c([2H])c([2H])c9[2H])cc8c7ccc65)c4-c4ccccc4)c3c2)c([2H])c1[2H]. The lowest BCUT2D eigenvalue weighted by atomic mass is 9.94. The summed E-state index contributed by atoms with van der Waals surface area (Å²) in [7, 11) is 0. The quantitative estimate of drug-likeness (QED) is 0.128. The van der Waals surface area contributed by atoms with E-state index in [0.717, 1.165) is 0 Å². The Balaban J connectivity index is 1.03. The van der Waals surface area contributed by atoms with Crippen molar-refractivity contribution in [2.45, 2.75) is 0 Å². The molecule has 5 aromatic heterocycles. The van der Waals surface area contributed by atoms with Crippen molar-refractivity contribution in [2.75, 3.05) is 0 Å². The van der Waals surface area contributed by atoms with Crippen molar-refractivity contribution >= 4 is 93.2 Å². The molecule has 0 saturated carbocycles. The molecule has 0 unspecified atom stereocenters. The van der Waals surface area contributed by atoms with Crippen LogP contribution in [0.2, 0.25) is 0 Å². The van der Waals surface area contributed by atoms with Gasteiger partial charge in [-0.2, -0.15) is 0 Å². The van der Waals surface area contributed by atoms with Crippen LogP contribution in [0, 0.1) is 6.57 Å². The van der Waals surface area contributed by atoms with Crippen LogP contribution in [-0.4, -0.2) is 24.1 Å². The Morgan fingerprint density at radius 1 is 0.312 bits per heavy atom. The fraction of sp³-hybridized carbons (Fsp3) is 0. The molecular formula is C88H52N6O2. The molecule has 8 nitrogen and oxygen atoms in total. The first-order chi connectivity index (χ1) is 60.0. The average molecular weight is 1260 g/mol. The van der Waals surface area contributed by atoms with Crippen molar-refractivity contribution in [3.05, 3.63) is 326 Å². The first-order valence-electron chi connectivity index (χ1n) is 44.7. The van der Waals surface area contributed by atoms with E-state index in [1.54, 1.807) is 112 Å². The molecule has 0 aliphatic carbocycles. The lowest BCUT2D eigenvalue weighted by molar-refractivity contribution is 0.672. The van der Waals surface area contributed by atoms with Crippen LogP contribution in [0.25, 0.3) is 194 Å². The first-order valence-corrected chi connectivity index (χ1v) is 29.7. The predicted octanol–water partition coefficient (Wildman–Crippen LogP) is 23.8. The highest BCUT2D eigenvalue weighted by Gasteiger charge is 2.32. The number of benzene rings is 14. The Labute approximate surface area is 593 Å². The highest BCUT2D eigenvalue weighted by atomic mass is 16.3. The largest absolute Gasteiger partial charge is 0.455 e. The number of rotatable bonds is 10. The maximum atomic E-state index is 9.73. The number of furan rings is 2. The van der Waals surface area contributed by atoms with Crippen LogP contribution >= 0.6 is 0 Å². The molecule has 8 heteroatoms. The Hall–Kier alpha value is -13.2. The number of hydrogen-bond acceptors (Lipinski definition) is 5. The molecule has 446 valence electrons. The molecule has 0 N–H and O–H groups in total. The van der Waals surface area contributed by atoms with E-state index in [9.17, 15) is 17.5 Å². The van der Waals surface area contributed by atoms with Crippen LogP contribution < -0.4 is 0 Å². The van der Waals surface area contributed by atoms with Crippen LogP contribution in [0.5, 0.6) is 0 Å². The molecule has 0 bridgehead atoms. The molecule has 19 rings (SSSR count). The fourth-order valence-corrected chi connectivity index (χ4v) is 13.0. The van der Waals surface area contributed by atoms with E-state index < -0.39 is 210 Å². The van der Waals surface area contributed by atoms with Crippen molar-refractivity contribution in [1.29, 1.82) is 0 Å². The topological polar surface area (TPSA) is 79.2 Å². The van der Waals surface area contributed by atoms with Gasteiger partial charge in [-0.05, 0) is 129 Å². The van der Waals surface area contributed by atoms with Gasteiger partial charge in [0.1, 0.15) is 22.3 Å². The van der Waals surface area contributed by atoms with Gasteiger partial charge < -0.3 is 18.0 Å². The minimum Gasteiger partial charge on any atom is -0.455 e. The first kappa shape index (κ1) is 32.4. The number of nitrogens with zero attached hydrogens (tertiary/aromatic N) is 6. The van der Waals surface area contributed by atoms with Crippen molar-refractivity contribution in [3.8, 4) is 101 Å². The van der Waals surface area contributed by atoms with E-state index >= 15 is 0 Å². The van der Waals surface area contributed by atoms with Gasteiger partial charge in [-0.15, -0.1) is 0 Å². The second kappa shape index (κ2) is 22.0. The lowest BCUT2D eigenvalue weighted by Gasteiger charge is -2.24. The van der Waals surface area contributed by atoms with E-state index in [1.165, 1.54) is 30.3 Å². The van der Waals surface area contributed by atoms with E-state index in [1.807, 2.05) is 0 Å². The molecule has 0 radical (unpaired) electrons. The third-order valence-corrected chi connectivity index (χ3v) is 17.1. The second-order valence-electron chi connectivity index (χ2n) is 22.2. The van der Waals surface area contributed by atoms with E-state index in [-0.39, 0.29) is 144 Å². The zero-order valence-electron chi connectivity index (χ0n) is 79.2. The van der Waals surface area contributed by atoms with Gasteiger partial charge in [-0.3, -0.25) is 0 Å². The minimum atomic E-state index is -0.857. The van der Waals surface area contributed by atoms with Crippen LogP contribution in [0.15, 0.2) is 324 Å². The average Bonchev–Trinajstić information content (AvgIpc) is 1.54. The summed E-state index contributed by atoms with van der Waals surface area (Å²) < 4.78 is 286. The van der Waals surface area contributed by atoms with Gasteiger partial charge in [-0.25, -0.2) is 19.8 Å². The summed E-state index contributed by atoms with van der Waals surface area (Å²) in [6, 6.07) is 15.0. The second-order valence-corrected chi connectivity index (χ2v) is 22.2. The zero-order valence-corrected chi connectivity index (χ0v) is 49.2. The molecule has 19 aromatic rings. The zero-order chi connectivity index (χ0) is 89.5. The monoisotopic (exact) mass is 1250 g/mol. The molecule has 0 saturated heterocycles. The van der Waals surface area contributed by atoms with E-state index in [2.05, 4.69) is 9.83 Å². The molecule has 0 atom stereocenters. The third kappa shape index (κ3) is 8.72. The highest BCUT2D eigenvalue weighted by molar-refractivity contribution is 6.27. The highest BCUT2D eigenvalue weighted by Crippen LogP contribution is 2.53. The van der Waals surface area contributed by atoms with Gasteiger partial charge in [0.05, 0.1) is 91.9 Å². The number of aromatic nitrogens is 5. The molecule has 0 amide bonds. The van der Waals surface area contributed by atoms with Gasteiger partial charge in [0.15, 0.2) is 17.5 Å². The lowest BCUT2D eigenvalue weighted by Crippen LogP contribution is -2.08. The molecule has 0 aliphatic heterocycles. The molecule has 0 spiro atoms. The summed E-state index contributed by atoms with van der Waals surface area (Å²) in [4.78, 5) is 19.1. The normalized spacial score (nSPS) is 16.1. The Bertz CT molecular complexity index is 8060. The van der Waals surface area contributed by atoms with Gasteiger partial charge >= 0.3 is 0 Å². The summed E-state index contributed by atoms with van der Waals surface area (Å²) in [6.07, 6.45) is 0. The molecule has 0 fully saturated rings. The van der Waals surface area contributed by atoms with Gasteiger partial charge in [0, 0.05) is 54.6 Å². The van der Waals surface area contributed by atoms with Crippen molar-refractivity contribution in [1.82, 2.24) is 24.1 Å². The van der Waals surface area contributed by atoms with Crippen LogP contribution in [0.1, 0.15) is 41.1 Å². The number of fused-ring (bicyclic) bond motifs is 14. The van der Waals surface area contributed by atoms with Gasteiger partial charge in [0.25, 0.3) is 0 Å². The standard InChI is InChI=1S/C88H52N6O2/c1-89-72-53-71(88-91-86(59-33-19-7-20-34-59)90-87(92-88)60-35-21-8-22-36-60)82(93-73-43-37-61(54-23-9-2-10-24-54)51-69(73)80-75(93)45-41-65-67-49-63(56-27-13-4-14-28-56)39-47-77(67)95-84(65)80)79(58-31-17-6-18-32-58)83(72)94-74-44-38-62(55-25-11-3-12-26-55)52-70(74)81-76(94)46-42-66-68-50-64(57-29-15-5-16-30-57)40-48-78(68)96-85(66)81/h2-53H/i2D,3D,4D,5D,7D,8D,9D,10D,11D,12D,13D,14D,15D,16D,19D,20D,21D,22D,23D,24D,25D,26D,27D,28D,29D,30D,33D,34D,35D,36D. The Morgan fingerprint density at radius 3 is 1.09 bits per heavy atom. The van der Waals surface area contributed by atoms with Gasteiger partial charge in [0.2, 0.25) is 5.69 Å². The Kier molecular flexibility index (Phi) is 7.41. The van der Waals surface area contributed by atoms with Crippen molar-refractivity contribution in [3.63, 3.8) is 0 Å². The van der Waals surface area contributed by atoms with Crippen LogP contribution in [0.3, 0.4) is 0 Å². The summed E-state index contributed by atoms with van der Waals surface area (Å²) in [6.45, 7) is 9.73. The molecule has 0 aliphatic rings. The van der Waals surface area contributed by atoms with E-state index in [0.29, 0.717) is 21.5 Å². The maximum Gasteiger partial charge on any atom is 0.212 e.